The fourth-order valence-electron chi connectivity index (χ4n) is 1.79. The van der Waals surface area contributed by atoms with Gasteiger partial charge < -0.3 is 9.73 Å². The fourth-order valence-corrected chi connectivity index (χ4v) is 2.53. The maximum atomic E-state index is 12.1. The van der Waals surface area contributed by atoms with Crippen molar-refractivity contribution in [3.8, 4) is 0 Å². The number of para-hydroxylation sites is 1. The summed E-state index contributed by atoms with van der Waals surface area (Å²) in [4.78, 5) is 16.3. The first-order valence-electron chi connectivity index (χ1n) is 6.94. The van der Waals surface area contributed by atoms with Gasteiger partial charge in [0.05, 0.1) is 5.69 Å². The quantitative estimate of drug-likeness (QED) is 0.790. The van der Waals surface area contributed by atoms with E-state index in [1.807, 2.05) is 44.2 Å². The van der Waals surface area contributed by atoms with Crippen LogP contribution in [0.4, 0.5) is 5.69 Å². The molecule has 0 fully saturated rings. The zero-order valence-electron chi connectivity index (χ0n) is 12.6. The highest BCUT2D eigenvalue weighted by Gasteiger charge is 2.11. The van der Waals surface area contributed by atoms with Crippen LogP contribution >= 0.6 is 11.8 Å². The van der Waals surface area contributed by atoms with Crippen LogP contribution < -0.4 is 5.32 Å². The summed E-state index contributed by atoms with van der Waals surface area (Å²) in [5, 5.41) is 11.9. The first-order valence-corrected chi connectivity index (χ1v) is 7.75. The summed E-state index contributed by atoms with van der Waals surface area (Å²) in [6, 6.07) is 12.5. The summed E-state index contributed by atoms with van der Waals surface area (Å²) in [7, 11) is 0. The standard InChI is InChI=1S/C16H14N4O2S/c1-10-11(2)22-16(17-10)23-14-9-8-13(19-20-14)15(21)18-12-6-4-3-5-7-12/h3-9H,1-2H3,(H,18,21). The molecule has 0 radical (unpaired) electrons. The lowest BCUT2D eigenvalue weighted by molar-refractivity contribution is 0.102. The Morgan fingerprint density at radius 3 is 2.48 bits per heavy atom. The van der Waals surface area contributed by atoms with E-state index in [1.165, 1.54) is 11.8 Å². The van der Waals surface area contributed by atoms with Gasteiger partial charge in [-0.25, -0.2) is 4.98 Å². The second-order valence-corrected chi connectivity index (χ2v) is 5.77. The van der Waals surface area contributed by atoms with Crippen LogP contribution in [0.2, 0.25) is 0 Å². The summed E-state index contributed by atoms with van der Waals surface area (Å²) >= 11 is 1.26. The second kappa shape index (κ2) is 6.62. The summed E-state index contributed by atoms with van der Waals surface area (Å²) in [5.41, 5.74) is 1.81. The molecule has 0 aliphatic heterocycles. The van der Waals surface area contributed by atoms with Crippen LogP contribution in [0, 0.1) is 13.8 Å². The Labute approximate surface area is 137 Å². The van der Waals surface area contributed by atoms with Crippen molar-refractivity contribution in [2.75, 3.05) is 5.32 Å². The largest absolute Gasteiger partial charge is 0.436 e. The average molecular weight is 326 g/mol. The van der Waals surface area contributed by atoms with Gasteiger partial charge in [-0.3, -0.25) is 4.79 Å². The number of oxazole rings is 1. The fraction of sp³-hybridized carbons (Fsp3) is 0.125. The molecule has 0 aliphatic rings. The number of nitrogens with one attached hydrogen (secondary N) is 1. The molecule has 1 N–H and O–H groups in total. The molecule has 0 atom stereocenters. The monoisotopic (exact) mass is 326 g/mol. The van der Waals surface area contributed by atoms with E-state index in [9.17, 15) is 4.79 Å². The molecule has 0 saturated heterocycles. The maximum absolute atomic E-state index is 12.1. The van der Waals surface area contributed by atoms with Crippen LogP contribution in [0.3, 0.4) is 0 Å². The molecule has 1 aromatic carbocycles. The molecule has 2 heterocycles. The molecule has 0 bridgehead atoms. The van der Waals surface area contributed by atoms with Crippen LogP contribution in [-0.4, -0.2) is 21.1 Å². The van der Waals surface area contributed by atoms with Gasteiger partial charge in [0.15, 0.2) is 5.69 Å². The normalized spacial score (nSPS) is 10.5. The van der Waals surface area contributed by atoms with Gasteiger partial charge in [0.1, 0.15) is 10.8 Å². The summed E-state index contributed by atoms with van der Waals surface area (Å²) in [6.45, 7) is 3.74. The van der Waals surface area contributed by atoms with Crippen molar-refractivity contribution in [1.82, 2.24) is 15.2 Å². The molecule has 0 aliphatic carbocycles. The molecular weight excluding hydrogens is 312 g/mol. The second-order valence-electron chi connectivity index (χ2n) is 4.80. The van der Waals surface area contributed by atoms with Crippen molar-refractivity contribution < 1.29 is 9.21 Å². The lowest BCUT2D eigenvalue weighted by Gasteiger charge is -2.03. The average Bonchev–Trinajstić information content (AvgIpc) is 2.87. The summed E-state index contributed by atoms with van der Waals surface area (Å²) in [6.07, 6.45) is 0. The van der Waals surface area contributed by atoms with Gasteiger partial charge in [0.25, 0.3) is 11.1 Å². The summed E-state index contributed by atoms with van der Waals surface area (Å²) < 4.78 is 5.48. The van der Waals surface area contributed by atoms with E-state index in [0.29, 0.717) is 15.9 Å². The highest BCUT2D eigenvalue weighted by atomic mass is 32.2. The van der Waals surface area contributed by atoms with Crippen molar-refractivity contribution in [2.45, 2.75) is 24.1 Å². The van der Waals surface area contributed by atoms with Gasteiger partial charge in [-0.15, -0.1) is 10.2 Å². The predicted octanol–water partition coefficient (Wildman–Crippen LogP) is 3.48. The zero-order chi connectivity index (χ0) is 16.2. The van der Waals surface area contributed by atoms with Gasteiger partial charge in [0.2, 0.25) is 0 Å². The van der Waals surface area contributed by atoms with Crippen molar-refractivity contribution in [2.24, 2.45) is 0 Å². The number of benzene rings is 1. The Balaban J connectivity index is 1.68. The third kappa shape index (κ3) is 3.75. The summed E-state index contributed by atoms with van der Waals surface area (Å²) in [5.74, 6) is 0.474. The lowest BCUT2D eigenvalue weighted by atomic mass is 10.3. The molecule has 2 aromatic heterocycles. The van der Waals surface area contributed by atoms with Crippen molar-refractivity contribution >= 4 is 23.4 Å². The van der Waals surface area contributed by atoms with Crippen LogP contribution in [-0.2, 0) is 0 Å². The Hall–Kier alpha value is -2.67. The van der Waals surface area contributed by atoms with Crippen LogP contribution in [0.25, 0.3) is 0 Å². The number of rotatable bonds is 4. The topological polar surface area (TPSA) is 80.9 Å². The molecule has 0 unspecified atom stereocenters. The smallest absolute Gasteiger partial charge is 0.276 e. The third-order valence-electron chi connectivity index (χ3n) is 3.11. The number of hydrogen-bond acceptors (Lipinski definition) is 6. The van der Waals surface area contributed by atoms with Crippen molar-refractivity contribution in [3.63, 3.8) is 0 Å². The van der Waals surface area contributed by atoms with E-state index < -0.39 is 0 Å². The zero-order valence-corrected chi connectivity index (χ0v) is 13.4. The number of carbonyl (C=O) groups is 1. The lowest BCUT2D eigenvalue weighted by Crippen LogP contribution is -2.14. The Morgan fingerprint density at radius 2 is 1.87 bits per heavy atom. The van der Waals surface area contributed by atoms with Crippen molar-refractivity contribution in [1.29, 1.82) is 0 Å². The molecule has 23 heavy (non-hydrogen) atoms. The third-order valence-corrected chi connectivity index (χ3v) is 3.88. The highest BCUT2D eigenvalue weighted by molar-refractivity contribution is 7.99. The minimum absolute atomic E-state index is 0.248. The van der Waals surface area contributed by atoms with Crippen LogP contribution in [0.15, 0.2) is 57.1 Å². The molecule has 7 heteroatoms. The van der Waals surface area contributed by atoms with E-state index in [0.717, 1.165) is 11.5 Å². The highest BCUT2D eigenvalue weighted by Crippen LogP contribution is 2.26. The molecule has 116 valence electrons. The molecule has 3 rings (SSSR count). The Bertz CT molecular complexity index is 796. The van der Waals surface area contributed by atoms with Gasteiger partial charge >= 0.3 is 0 Å². The van der Waals surface area contributed by atoms with E-state index in [4.69, 9.17) is 4.42 Å². The molecule has 6 nitrogen and oxygen atoms in total. The maximum Gasteiger partial charge on any atom is 0.276 e. The molecular formula is C16H14N4O2S. The molecule has 0 saturated carbocycles. The Kier molecular flexibility index (Phi) is 4.38. The number of hydrogen-bond donors (Lipinski definition) is 1. The molecule has 0 spiro atoms. The number of aryl methyl sites for hydroxylation is 2. The van der Waals surface area contributed by atoms with Gasteiger partial charge in [0, 0.05) is 5.69 Å². The van der Waals surface area contributed by atoms with E-state index >= 15 is 0 Å². The predicted molar refractivity (Wildman–Crippen MR) is 86.5 cm³/mol. The minimum atomic E-state index is -0.303. The van der Waals surface area contributed by atoms with E-state index in [1.54, 1.807) is 12.1 Å². The SMILES string of the molecule is Cc1nc(Sc2ccc(C(=O)Nc3ccccc3)nn2)oc1C. The number of nitrogens with zero attached hydrogens (tertiary/aromatic N) is 3. The van der Waals surface area contributed by atoms with E-state index in [2.05, 4.69) is 20.5 Å². The van der Waals surface area contributed by atoms with Gasteiger partial charge in [-0.2, -0.15) is 0 Å². The van der Waals surface area contributed by atoms with Crippen LogP contribution in [0.1, 0.15) is 21.9 Å². The van der Waals surface area contributed by atoms with Crippen molar-refractivity contribution in [3.05, 3.63) is 59.6 Å². The van der Waals surface area contributed by atoms with Gasteiger partial charge in [-0.05, 0) is 49.9 Å². The number of aromatic nitrogens is 3. The number of anilines is 1. The first kappa shape index (κ1) is 15.2. The first-order chi connectivity index (χ1) is 11.1. The number of amides is 1. The van der Waals surface area contributed by atoms with Crippen LogP contribution in [0.5, 0.6) is 0 Å². The number of carbonyl (C=O) groups excluding carboxylic acids is 1. The minimum Gasteiger partial charge on any atom is -0.436 e. The van der Waals surface area contributed by atoms with E-state index in [-0.39, 0.29) is 11.6 Å². The molecule has 1 amide bonds. The Morgan fingerprint density at radius 1 is 1.09 bits per heavy atom. The van der Waals surface area contributed by atoms with Gasteiger partial charge in [-0.1, -0.05) is 18.2 Å². The molecule has 3 aromatic rings.